The number of aromatic nitrogens is 3. The van der Waals surface area contributed by atoms with Crippen LogP contribution in [0.3, 0.4) is 0 Å². The van der Waals surface area contributed by atoms with Gasteiger partial charge in [-0.15, -0.1) is 11.3 Å². The molecule has 0 saturated carbocycles. The van der Waals surface area contributed by atoms with Crippen molar-refractivity contribution in [1.29, 1.82) is 0 Å². The number of halogens is 1. The maximum absolute atomic E-state index is 13.0. The topological polar surface area (TPSA) is 68.4 Å². The molecule has 0 radical (unpaired) electrons. The quantitative estimate of drug-likeness (QED) is 0.388. The number of hydrogen-bond acceptors (Lipinski definition) is 4. The van der Waals surface area contributed by atoms with Crippen molar-refractivity contribution in [2.45, 2.75) is 52.5 Å². The Hall–Kier alpha value is -2.64. The number of nitrogens with one attached hydrogen (secondary N) is 1. The Morgan fingerprint density at radius 1 is 1.12 bits per heavy atom. The first-order valence-corrected chi connectivity index (χ1v) is 12.2. The molecule has 0 spiro atoms. The van der Waals surface area contributed by atoms with E-state index in [1.807, 2.05) is 41.7 Å². The third kappa shape index (κ3) is 4.74. The maximum atomic E-state index is 13.0. The molecule has 8 heteroatoms. The molecule has 3 heterocycles. The lowest BCUT2D eigenvalue weighted by molar-refractivity contribution is -0.121. The summed E-state index contributed by atoms with van der Waals surface area (Å²) < 4.78 is 4.63. The number of carbonyl (C=O) groups excluding carboxylic acids is 1. The predicted molar refractivity (Wildman–Crippen MR) is 131 cm³/mol. The van der Waals surface area contributed by atoms with E-state index in [-0.39, 0.29) is 11.5 Å². The summed E-state index contributed by atoms with van der Waals surface area (Å²) in [5.74, 6) is 0.849. The molecule has 3 aromatic heterocycles. The van der Waals surface area contributed by atoms with Gasteiger partial charge in [0, 0.05) is 35.8 Å². The Morgan fingerprint density at radius 2 is 1.91 bits per heavy atom. The number of fused-ring (bicyclic) bond motifs is 3. The second-order valence-corrected chi connectivity index (χ2v) is 9.41. The molecule has 0 saturated heterocycles. The summed E-state index contributed by atoms with van der Waals surface area (Å²) in [5.41, 5.74) is 2.75. The van der Waals surface area contributed by atoms with Gasteiger partial charge in [-0.1, -0.05) is 37.6 Å². The number of amides is 1. The molecule has 4 rings (SSSR count). The van der Waals surface area contributed by atoms with Crippen LogP contribution in [-0.4, -0.2) is 26.6 Å². The summed E-state index contributed by atoms with van der Waals surface area (Å²) in [5, 5.41) is 8.26. The minimum atomic E-state index is -0.105. The first-order valence-electron chi connectivity index (χ1n) is 11.0. The number of hydrogen-bond donors (Lipinski definition) is 1. The highest BCUT2D eigenvalue weighted by molar-refractivity contribution is 7.19. The van der Waals surface area contributed by atoms with Crippen LogP contribution in [-0.2, 0) is 30.6 Å². The first kappa shape index (κ1) is 22.6. The summed E-state index contributed by atoms with van der Waals surface area (Å²) in [7, 11) is 0. The largest absolute Gasteiger partial charge is 0.356 e. The number of carbonyl (C=O) groups is 1. The molecule has 0 atom stereocenters. The van der Waals surface area contributed by atoms with E-state index in [4.69, 9.17) is 11.6 Å². The first-order chi connectivity index (χ1) is 15.5. The average molecular weight is 471 g/mol. The van der Waals surface area contributed by atoms with Gasteiger partial charge in [-0.2, -0.15) is 5.10 Å². The van der Waals surface area contributed by atoms with Crippen molar-refractivity contribution in [1.82, 2.24) is 19.5 Å². The highest BCUT2D eigenvalue weighted by Crippen LogP contribution is 2.29. The van der Waals surface area contributed by atoms with Crippen LogP contribution in [0.25, 0.3) is 15.7 Å². The van der Waals surface area contributed by atoms with Crippen LogP contribution in [0.5, 0.6) is 0 Å². The van der Waals surface area contributed by atoms with E-state index >= 15 is 0 Å². The van der Waals surface area contributed by atoms with Crippen molar-refractivity contribution >= 4 is 44.6 Å². The van der Waals surface area contributed by atoms with Gasteiger partial charge in [0.25, 0.3) is 5.56 Å². The molecular weight excluding hydrogens is 444 g/mol. The number of rotatable bonds is 9. The van der Waals surface area contributed by atoms with E-state index < -0.39 is 0 Å². The zero-order chi connectivity index (χ0) is 22.7. The van der Waals surface area contributed by atoms with E-state index in [1.165, 1.54) is 9.56 Å². The summed E-state index contributed by atoms with van der Waals surface area (Å²) in [4.78, 5) is 26.5. The van der Waals surface area contributed by atoms with Gasteiger partial charge in [0.2, 0.25) is 5.91 Å². The van der Waals surface area contributed by atoms with E-state index in [0.29, 0.717) is 36.5 Å². The normalized spacial score (nSPS) is 11.5. The number of benzene rings is 1. The fraction of sp³-hybridized carbons (Fsp3) is 0.375. The Bertz CT molecular complexity index is 1300. The summed E-state index contributed by atoms with van der Waals surface area (Å²) in [6, 6.07) is 11.8. The van der Waals surface area contributed by atoms with Crippen molar-refractivity contribution in [3.8, 4) is 0 Å². The van der Waals surface area contributed by atoms with E-state index in [0.717, 1.165) is 40.9 Å². The molecule has 0 aliphatic rings. The van der Waals surface area contributed by atoms with Crippen molar-refractivity contribution in [2.24, 2.45) is 0 Å². The van der Waals surface area contributed by atoms with Gasteiger partial charge in [0.1, 0.15) is 11.3 Å². The second-order valence-electron chi connectivity index (χ2n) is 7.81. The van der Waals surface area contributed by atoms with Gasteiger partial charge >= 0.3 is 0 Å². The van der Waals surface area contributed by atoms with Crippen LogP contribution in [0.15, 0.2) is 41.2 Å². The standard InChI is InChI=1S/C24H27ClN4O2S/c1-3-18-14-19-21(32-18)15-20-24(31)28(27-22(4-2)29(19)20)13-5-6-23(30)26-12-11-16-7-9-17(25)10-8-16/h7-10,14-15H,3-6,11-13H2,1-2H3,(H,26,30). The molecule has 1 aromatic carbocycles. The lowest BCUT2D eigenvalue weighted by Gasteiger charge is -2.10. The van der Waals surface area contributed by atoms with E-state index in [2.05, 4.69) is 23.4 Å². The average Bonchev–Trinajstić information content (AvgIpc) is 3.35. The molecule has 1 N–H and O–H groups in total. The minimum absolute atomic E-state index is 0.0147. The van der Waals surface area contributed by atoms with Crippen LogP contribution in [0, 0.1) is 0 Å². The van der Waals surface area contributed by atoms with E-state index in [9.17, 15) is 9.59 Å². The molecule has 0 unspecified atom stereocenters. The molecule has 168 valence electrons. The van der Waals surface area contributed by atoms with Gasteiger partial charge in [-0.3, -0.25) is 14.0 Å². The van der Waals surface area contributed by atoms with Crippen molar-refractivity contribution in [3.05, 3.63) is 68.0 Å². The van der Waals surface area contributed by atoms with Crippen molar-refractivity contribution in [3.63, 3.8) is 0 Å². The van der Waals surface area contributed by atoms with E-state index in [1.54, 1.807) is 11.3 Å². The smallest absolute Gasteiger partial charge is 0.291 e. The lowest BCUT2D eigenvalue weighted by atomic mass is 10.1. The Labute approximate surface area is 195 Å². The summed E-state index contributed by atoms with van der Waals surface area (Å²) in [6.45, 7) is 5.18. The summed E-state index contributed by atoms with van der Waals surface area (Å²) >= 11 is 7.62. The number of nitrogens with zero attached hydrogens (tertiary/aromatic N) is 3. The van der Waals surface area contributed by atoms with Crippen LogP contribution in [0.2, 0.25) is 5.02 Å². The van der Waals surface area contributed by atoms with Gasteiger partial charge in [0.15, 0.2) is 0 Å². The lowest BCUT2D eigenvalue weighted by Crippen LogP contribution is -2.29. The van der Waals surface area contributed by atoms with Crippen LogP contribution in [0.1, 0.15) is 43.0 Å². The zero-order valence-corrected chi connectivity index (χ0v) is 19.9. The third-order valence-corrected chi connectivity index (χ3v) is 7.04. The third-order valence-electron chi connectivity index (χ3n) is 5.58. The number of aryl methyl sites for hydroxylation is 3. The molecule has 0 aliphatic carbocycles. The summed E-state index contributed by atoms with van der Waals surface area (Å²) in [6.07, 6.45) is 3.38. The van der Waals surface area contributed by atoms with Crippen molar-refractivity contribution in [2.75, 3.05) is 6.54 Å². The monoisotopic (exact) mass is 470 g/mol. The Morgan fingerprint density at radius 3 is 2.62 bits per heavy atom. The molecule has 32 heavy (non-hydrogen) atoms. The molecular formula is C24H27ClN4O2S. The maximum Gasteiger partial charge on any atom is 0.291 e. The zero-order valence-electron chi connectivity index (χ0n) is 18.4. The Kier molecular flexibility index (Phi) is 6.96. The molecule has 6 nitrogen and oxygen atoms in total. The molecule has 0 aliphatic heterocycles. The Balaban J connectivity index is 1.38. The van der Waals surface area contributed by atoms with Gasteiger partial charge in [-0.25, -0.2) is 4.68 Å². The minimum Gasteiger partial charge on any atom is -0.356 e. The van der Waals surface area contributed by atoms with Crippen molar-refractivity contribution < 1.29 is 4.79 Å². The second kappa shape index (κ2) is 9.88. The van der Waals surface area contributed by atoms with Gasteiger partial charge in [-0.05, 0) is 49.1 Å². The predicted octanol–water partition coefficient (Wildman–Crippen LogP) is 4.63. The fourth-order valence-corrected chi connectivity index (χ4v) is 5.02. The fourth-order valence-electron chi connectivity index (χ4n) is 3.87. The molecule has 0 fully saturated rings. The van der Waals surface area contributed by atoms with Gasteiger partial charge in [0.05, 0.1) is 10.2 Å². The highest BCUT2D eigenvalue weighted by atomic mass is 35.5. The van der Waals surface area contributed by atoms with Crippen LogP contribution < -0.4 is 10.9 Å². The molecule has 0 bridgehead atoms. The van der Waals surface area contributed by atoms with Crippen LogP contribution in [0.4, 0.5) is 0 Å². The number of thiophene rings is 1. The highest BCUT2D eigenvalue weighted by Gasteiger charge is 2.15. The van der Waals surface area contributed by atoms with Crippen LogP contribution >= 0.6 is 22.9 Å². The van der Waals surface area contributed by atoms with Gasteiger partial charge < -0.3 is 5.32 Å². The molecule has 4 aromatic rings. The molecule has 1 amide bonds. The SMILES string of the molecule is CCc1cc2c(cc3c(=O)n(CCCC(=O)NCCc4ccc(Cl)cc4)nc(CC)n32)s1.